The van der Waals surface area contributed by atoms with Gasteiger partial charge in [-0.3, -0.25) is 4.79 Å². The third-order valence-electron chi connectivity index (χ3n) is 3.39. The lowest BCUT2D eigenvalue weighted by molar-refractivity contribution is -0.122. The molecule has 0 aromatic heterocycles. The van der Waals surface area contributed by atoms with Gasteiger partial charge in [0.15, 0.2) is 0 Å². The Kier molecular flexibility index (Phi) is 4.40. The predicted octanol–water partition coefficient (Wildman–Crippen LogP) is 2.41. The summed E-state index contributed by atoms with van der Waals surface area (Å²) in [7, 11) is 0. The molecule has 2 rings (SSSR count). The summed E-state index contributed by atoms with van der Waals surface area (Å²) in [6.07, 6.45) is 3.81. The minimum atomic E-state index is -0.635. The normalized spacial score (nSPS) is 16.6. The summed E-state index contributed by atoms with van der Waals surface area (Å²) in [5.74, 6) is 0.644. The van der Waals surface area contributed by atoms with E-state index in [0.717, 1.165) is 31.4 Å². The second kappa shape index (κ2) is 6.24. The van der Waals surface area contributed by atoms with Crippen LogP contribution in [0.25, 0.3) is 0 Å². The van der Waals surface area contributed by atoms with Gasteiger partial charge in [0.1, 0.15) is 11.3 Å². The van der Waals surface area contributed by atoms with Gasteiger partial charge in [0, 0.05) is 0 Å². The highest BCUT2D eigenvalue weighted by Gasteiger charge is 2.35. The van der Waals surface area contributed by atoms with Crippen molar-refractivity contribution in [3.8, 4) is 11.8 Å². The van der Waals surface area contributed by atoms with Crippen molar-refractivity contribution in [2.75, 3.05) is 6.61 Å². The van der Waals surface area contributed by atoms with Crippen LogP contribution >= 0.6 is 0 Å². The number of carbonyl (C=O) groups excluding carboxylic acids is 1. The van der Waals surface area contributed by atoms with Crippen LogP contribution in [0.1, 0.15) is 32.1 Å². The molecule has 1 N–H and O–H groups in total. The molecule has 0 bridgehead atoms. The fourth-order valence-electron chi connectivity index (χ4n) is 2.35. The molecule has 1 aliphatic rings. The minimum Gasteiger partial charge on any atom is -0.493 e. The maximum Gasteiger partial charge on any atom is 0.224 e. The van der Waals surface area contributed by atoms with Crippen LogP contribution < -0.4 is 10.1 Å². The van der Waals surface area contributed by atoms with Crippen molar-refractivity contribution in [1.29, 1.82) is 5.26 Å². The van der Waals surface area contributed by atoms with Crippen molar-refractivity contribution in [3.05, 3.63) is 30.3 Å². The molecule has 0 aliphatic heterocycles. The Labute approximate surface area is 113 Å². The molecule has 1 aromatic carbocycles. The highest BCUT2D eigenvalue weighted by atomic mass is 16.5. The predicted molar refractivity (Wildman–Crippen MR) is 71.5 cm³/mol. The van der Waals surface area contributed by atoms with Gasteiger partial charge in [0.2, 0.25) is 5.91 Å². The fraction of sp³-hybridized carbons (Fsp3) is 0.467. The molecule has 0 atom stereocenters. The summed E-state index contributed by atoms with van der Waals surface area (Å²) < 4.78 is 5.46. The van der Waals surface area contributed by atoms with Crippen LogP contribution in [0.5, 0.6) is 5.75 Å². The van der Waals surface area contributed by atoms with Crippen molar-refractivity contribution < 1.29 is 9.53 Å². The van der Waals surface area contributed by atoms with E-state index in [1.807, 2.05) is 30.3 Å². The molecule has 1 fully saturated rings. The minimum absolute atomic E-state index is 0.112. The Balaban J connectivity index is 1.75. The maximum atomic E-state index is 11.8. The number of benzene rings is 1. The summed E-state index contributed by atoms with van der Waals surface area (Å²) in [6, 6.07) is 11.6. The van der Waals surface area contributed by atoms with Crippen molar-refractivity contribution in [2.45, 2.75) is 37.6 Å². The van der Waals surface area contributed by atoms with Gasteiger partial charge >= 0.3 is 0 Å². The number of hydrogen-bond acceptors (Lipinski definition) is 3. The standard InChI is InChI=1S/C15H18N2O2/c16-12-15(9-4-5-10-15)17-14(18)8-11-19-13-6-2-1-3-7-13/h1-3,6-7H,4-5,8-11H2,(H,17,18). The van der Waals surface area contributed by atoms with E-state index in [0.29, 0.717) is 6.61 Å². The van der Waals surface area contributed by atoms with Crippen LogP contribution in [-0.2, 0) is 4.79 Å². The monoisotopic (exact) mass is 258 g/mol. The number of nitrogens with one attached hydrogen (secondary N) is 1. The van der Waals surface area contributed by atoms with Crippen molar-refractivity contribution in [1.82, 2.24) is 5.32 Å². The number of amides is 1. The molecule has 1 amide bonds. The number of para-hydroxylation sites is 1. The molecule has 1 saturated carbocycles. The summed E-state index contributed by atoms with van der Waals surface area (Å²) in [5, 5.41) is 12.0. The molecule has 1 aromatic rings. The van der Waals surface area contributed by atoms with Gasteiger partial charge in [0.25, 0.3) is 0 Å². The second-order valence-electron chi connectivity index (χ2n) is 4.86. The van der Waals surface area contributed by atoms with E-state index in [9.17, 15) is 10.1 Å². The number of hydrogen-bond donors (Lipinski definition) is 1. The Hall–Kier alpha value is -2.02. The van der Waals surface area contributed by atoms with Crippen LogP contribution in [0.15, 0.2) is 30.3 Å². The average Bonchev–Trinajstić information content (AvgIpc) is 2.89. The van der Waals surface area contributed by atoms with E-state index in [2.05, 4.69) is 11.4 Å². The molecule has 100 valence electrons. The van der Waals surface area contributed by atoms with Gasteiger partial charge in [-0.2, -0.15) is 5.26 Å². The summed E-state index contributed by atoms with van der Waals surface area (Å²) >= 11 is 0. The molecule has 19 heavy (non-hydrogen) atoms. The van der Waals surface area contributed by atoms with Gasteiger partial charge < -0.3 is 10.1 Å². The summed E-state index contributed by atoms with van der Waals surface area (Å²) in [4.78, 5) is 11.8. The zero-order chi connectivity index (χ0) is 13.6. The maximum absolute atomic E-state index is 11.8. The first-order valence-electron chi connectivity index (χ1n) is 6.64. The van der Waals surface area contributed by atoms with E-state index in [4.69, 9.17) is 4.74 Å². The van der Waals surface area contributed by atoms with E-state index in [1.165, 1.54) is 0 Å². The lowest BCUT2D eigenvalue weighted by atomic mass is 10.00. The van der Waals surface area contributed by atoms with Gasteiger partial charge in [-0.15, -0.1) is 0 Å². The second-order valence-corrected chi connectivity index (χ2v) is 4.86. The van der Waals surface area contributed by atoms with Gasteiger partial charge in [-0.25, -0.2) is 0 Å². The van der Waals surface area contributed by atoms with Gasteiger partial charge in [-0.1, -0.05) is 18.2 Å². The Morgan fingerprint density at radius 2 is 2.00 bits per heavy atom. The first kappa shape index (κ1) is 13.4. The third-order valence-corrected chi connectivity index (χ3v) is 3.39. The molecule has 0 radical (unpaired) electrons. The van der Waals surface area contributed by atoms with Gasteiger partial charge in [-0.05, 0) is 37.8 Å². The first-order valence-corrected chi connectivity index (χ1v) is 6.64. The highest BCUT2D eigenvalue weighted by Crippen LogP contribution is 2.28. The smallest absolute Gasteiger partial charge is 0.224 e. The molecule has 0 heterocycles. The number of nitrogens with zero attached hydrogens (tertiary/aromatic N) is 1. The van der Waals surface area contributed by atoms with E-state index >= 15 is 0 Å². The molecule has 0 unspecified atom stereocenters. The first-order chi connectivity index (χ1) is 9.24. The summed E-state index contributed by atoms with van der Waals surface area (Å²) in [5.41, 5.74) is -0.635. The fourth-order valence-corrected chi connectivity index (χ4v) is 2.35. The molecule has 1 aliphatic carbocycles. The average molecular weight is 258 g/mol. The van der Waals surface area contributed by atoms with Crippen LogP contribution in [0.3, 0.4) is 0 Å². The topological polar surface area (TPSA) is 62.1 Å². The summed E-state index contributed by atoms with van der Waals surface area (Å²) in [6.45, 7) is 0.331. The van der Waals surface area contributed by atoms with Crippen LogP contribution in [0, 0.1) is 11.3 Å². The Morgan fingerprint density at radius 3 is 2.63 bits per heavy atom. The van der Waals surface area contributed by atoms with Crippen molar-refractivity contribution in [3.63, 3.8) is 0 Å². The molecule has 0 saturated heterocycles. The lowest BCUT2D eigenvalue weighted by Gasteiger charge is -2.21. The third kappa shape index (κ3) is 3.72. The van der Waals surface area contributed by atoms with Crippen molar-refractivity contribution in [2.24, 2.45) is 0 Å². The molecular formula is C15H18N2O2. The van der Waals surface area contributed by atoms with Crippen LogP contribution in [0.2, 0.25) is 0 Å². The Morgan fingerprint density at radius 1 is 1.32 bits per heavy atom. The number of ether oxygens (including phenoxy) is 1. The molecular weight excluding hydrogens is 240 g/mol. The van der Waals surface area contributed by atoms with Crippen LogP contribution in [-0.4, -0.2) is 18.1 Å². The zero-order valence-electron chi connectivity index (χ0n) is 10.9. The van der Waals surface area contributed by atoms with Gasteiger partial charge in [0.05, 0.1) is 19.1 Å². The SMILES string of the molecule is N#CC1(NC(=O)CCOc2ccccc2)CCCC1. The quantitative estimate of drug-likeness (QED) is 0.882. The molecule has 0 spiro atoms. The van der Waals surface area contributed by atoms with Crippen molar-refractivity contribution >= 4 is 5.91 Å². The largest absolute Gasteiger partial charge is 0.493 e. The lowest BCUT2D eigenvalue weighted by Crippen LogP contribution is -2.45. The molecule has 4 heteroatoms. The van der Waals surface area contributed by atoms with E-state index in [-0.39, 0.29) is 12.3 Å². The van der Waals surface area contributed by atoms with E-state index in [1.54, 1.807) is 0 Å². The van der Waals surface area contributed by atoms with E-state index < -0.39 is 5.54 Å². The number of carbonyl (C=O) groups is 1. The molecule has 4 nitrogen and oxygen atoms in total. The number of nitriles is 1. The highest BCUT2D eigenvalue weighted by molar-refractivity contribution is 5.77. The van der Waals surface area contributed by atoms with Crippen LogP contribution in [0.4, 0.5) is 0 Å². The zero-order valence-corrected chi connectivity index (χ0v) is 10.9. The number of rotatable bonds is 5. The Bertz CT molecular complexity index is 459.